The van der Waals surface area contributed by atoms with Gasteiger partial charge in [-0.3, -0.25) is 0 Å². The first-order valence-electron chi connectivity index (χ1n) is 5.47. The van der Waals surface area contributed by atoms with Crippen LogP contribution in [0.4, 0.5) is 0 Å². The van der Waals surface area contributed by atoms with Crippen molar-refractivity contribution in [3.63, 3.8) is 0 Å². The lowest BCUT2D eigenvalue weighted by Crippen LogP contribution is -2.29. The molecule has 0 saturated carbocycles. The maximum Gasteiger partial charge on any atom is 0.244 e. The van der Waals surface area contributed by atoms with E-state index in [1.54, 1.807) is 17.8 Å². The average Bonchev–Trinajstić information content (AvgIpc) is 2.37. The fourth-order valence-corrected chi connectivity index (χ4v) is 4.12. The summed E-state index contributed by atoms with van der Waals surface area (Å²) in [5, 5.41) is 0.449. The van der Waals surface area contributed by atoms with E-state index in [-0.39, 0.29) is 16.5 Å². The van der Waals surface area contributed by atoms with Crippen LogP contribution >= 0.6 is 35.0 Å². The van der Waals surface area contributed by atoms with E-state index in [2.05, 4.69) is 0 Å². The van der Waals surface area contributed by atoms with Crippen LogP contribution in [0, 0.1) is 0 Å². The molecule has 4 nitrogen and oxygen atoms in total. The molecule has 0 spiro atoms. The smallest absolute Gasteiger partial charge is 0.244 e. The number of benzene rings is 1. The zero-order chi connectivity index (χ0) is 14.6. The van der Waals surface area contributed by atoms with Gasteiger partial charge in [-0.2, -0.15) is 11.8 Å². The molecule has 0 aromatic heterocycles. The quantitative estimate of drug-likeness (QED) is 0.862. The van der Waals surface area contributed by atoms with Crippen molar-refractivity contribution >= 4 is 45.0 Å². The summed E-state index contributed by atoms with van der Waals surface area (Å²) in [5.41, 5.74) is 6.05. The lowest BCUT2D eigenvalue weighted by atomic mass is 10.2. The lowest BCUT2D eigenvalue weighted by molar-refractivity contribution is 0.488. The Bertz CT molecular complexity index is 550. The van der Waals surface area contributed by atoms with Gasteiger partial charge in [-0.15, -0.1) is 0 Å². The Hall–Kier alpha value is 0.0200. The lowest BCUT2D eigenvalue weighted by Gasteiger charge is -2.18. The zero-order valence-corrected chi connectivity index (χ0v) is 13.8. The number of hydrogen-bond donors (Lipinski definition) is 1. The van der Waals surface area contributed by atoms with E-state index in [1.807, 2.05) is 6.26 Å². The first-order valence-corrected chi connectivity index (χ1v) is 9.06. The van der Waals surface area contributed by atoms with Crippen LogP contribution in [0.25, 0.3) is 0 Å². The van der Waals surface area contributed by atoms with Crippen LogP contribution in [0.15, 0.2) is 17.0 Å². The van der Waals surface area contributed by atoms with Gasteiger partial charge in [-0.1, -0.05) is 23.2 Å². The van der Waals surface area contributed by atoms with Crippen LogP contribution < -0.4 is 5.73 Å². The van der Waals surface area contributed by atoms with Gasteiger partial charge >= 0.3 is 0 Å². The van der Waals surface area contributed by atoms with E-state index in [9.17, 15) is 8.42 Å². The predicted octanol–water partition coefficient (Wildman–Crippen LogP) is 2.44. The van der Waals surface area contributed by atoms with Crippen LogP contribution in [0.5, 0.6) is 0 Å². The summed E-state index contributed by atoms with van der Waals surface area (Å²) in [4.78, 5) is 0.00530. The van der Waals surface area contributed by atoms with Crippen molar-refractivity contribution in [2.45, 2.75) is 11.4 Å². The normalized spacial score (nSPS) is 12.1. The van der Waals surface area contributed by atoms with Crippen molar-refractivity contribution in [3.8, 4) is 0 Å². The minimum Gasteiger partial charge on any atom is -0.326 e. The molecule has 108 valence electrons. The molecular weight excluding hydrogens is 327 g/mol. The summed E-state index contributed by atoms with van der Waals surface area (Å²) < 4.78 is 26.1. The summed E-state index contributed by atoms with van der Waals surface area (Å²) in [5.74, 6) is 0.706. The molecular formula is C11H16Cl2N2O2S2. The third kappa shape index (κ3) is 4.00. The van der Waals surface area contributed by atoms with Gasteiger partial charge < -0.3 is 5.73 Å². The SMILES string of the molecule is CSCCN(C)S(=O)(=O)c1cc(Cl)cc(CN)c1Cl. The fraction of sp³-hybridized carbons (Fsp3) is 0.455. The Morgan fingerprint density at radius 3 is 2.53 bits per heavy atom. The highest BCUT2D eigenvalue weighted by molar-refractivity contribution is 7.98. The van der Waals surface area contributed by atoms with E-state index in [1.165, 1.54) is 17.4 Å². The van der Waals surface area contributed by atoms with Crippen molar-refractivity contribution < 1.29 is 8.42 Å². The molecule has 2 N–H and O–H groups in total. The van der Waals surface area contributed by atoms with Gasteiger partial charge in [-0.05, 0) is 24.0 Å². The third-order valence-electron chi connectivity index (χ3n) is 2.60. The summed E-state index contributed by atoms with van der Waals surface area (Å²) in [6, 6.07) is 2.93. The van der Waals surface area contributed by atoms with Crippen molar-refractivity contribution in [1.29, 1.82) is 0 Å². The van der Waals surface area contributed by atoms with E-state index in [0.717, 1.165) is 0 Å². The number of rotatable bonds is 6. The molecule has 0 atom stereocenters. The summed E-state index contributed by atoms with van der Waals surface area (Å²) in [7, 11) is -2.13. The molecule has 0 aliphatic carbocycles. The number of thioether (sulfide) groups is 1. The van der Waals surface area contributed by atoms with Gasteiger partial charge in [-0.25, -0.2) is 12.7 Å². The van der Waals surface area contributed by atoms with Gasteiger partial charge in [0.05, 0.1) is 5.02 Å². The maximum atomic E-state index is 12.4. The Kier molecular flexibility index (Phi) is 6.42. The molecule has 0 saturated heterocycles. The van der Waals surface area contributed by atoms with E-state index >= 15 is 0 Å². The molecule has 1 aromatic rings. The van der Waals surface area contributed by atoms with Crippen LogP contribution in [0.1, 0.15) is 5.56 Å². The first kappa shape index (κ1) is 17.1. The highest BCUT2D eigenvalue weighted by Crippen LogP contribution is 2.30. The fourth-order valence-electron chi connectivity index (χ4n) is 1.46. The Morgan fingerprint density at radius 1 is 1.37 bits per heavy atom. The molecule has 0 radical (unpaired) electrons. The molecule has 1 aromatic carbocycles. The van der Waals surface area contributed by atoms with Crippen LogP contribution in [0.3, 0.4) is 0 Å². The Morgan fingerprint density at radius 2 is 2.00 bits per heavy atom. The summed E-state index contributed by atoms with van der Waals surface area (Å²) in [6.45, 7) is 0.542. The largest absolute Gasteiger partial charge is 0.326 e. The van der Waals surface area contributed by atoms with Gasteiger partial charge in [0.15, 0.2) is 0 Å². The standard InChI is InChI=1S/C11H16Cl2N2O2S2/c1-15(3-4-18-2)19(16,17)10-6-9(12)5-8(7-14)11(10)13/h5-6H,3-4,7,14H2,1-2H3. The second kappa shape index (κ2) is 7.15. The van der Waals surface area contributed by atoms with Gasteiger partial charge in [0.25, 0.3) is 0 Å². The van der Waals surface area contributed by atoms with Crippen molar-refractivity contribution in [3.05, 3.63) is 27.7 Å². The van der Waals surface area contributed by atoms with E-state index < -0.39 is 10.0 Å². The molecule has 0 unspecified atom stereocenters. The summed E-state index contributed by atoms with van der Waals surface area (Å²) in [6.07, 6.45) is 1.92. The number of nitrogens with zero attached hydrogens (tertiary/aromatic N) is 1. The van der Waals surface area contributed by atoms with Crippen molar-refractivity contribution in [2.75, 3.05) is 25.6 Å². The molecule has 0 bridgehead atoms. The van der Waals surface area contributed by atoms with Gasteiger partial charge in [0.2, 0.25) is 10.0 Å². The minimum absolute atomic E-state index is 0.00530. The number of nitrogens with two attached hydrogens (primary N) is 1. The molecule has 8 heteroatoms. The Labute approximate surface area is 128 Å². The highest BCUT2D eigenvalue weighted by Gasteiger charge is 2.25. The number of halogens is 2. The van der Waals surface area contributed by atoms with Crippen molar-refractivity contribution in [1.82, 2.24) is 4.31 Å². The third-order valence-corrected chi connectivity index (χ3v) is 5.85. The molecule has 19 heavy (non-hydrogen) atoms. The topological polar surface area (TPSA) is 63.4 Å². The predicted molar refractivity (Wildman–Crippen MR) is 82.6 cm³/mol. The average molecular weight is 343 g/mol. The summed E-state index contributed by atoms with van der Waals surface area (Å²) >= 11 is 13.6. The molecule has 0 fully saturated rings. The molecule has 0 heterocycles. The van der Waals surface area contributed by atoms with E-state index in [4.69, 9.17) is 28.9 Å². The van der Waals surface area contributed by atoms with Gasteiger partial charge in [0.1, 0.15) is 4.90 Å². The minimum atomic E-state index is -3.65. The monoisotopic (exact) mass is 342 g/mol. The molecule has 0 aliphatic heterocycles. The zero-order valence-electron chi connectivity index (χ0n) is 10.7. The highest BCUT2D eigenvalue weighted by atomic mass is 35.5. The number of hydrogen-bond acceptors (Lipinski definition) is 4. The first-order chi connectivity index (χ1) is 8.84. The number of sulfonamides is 1. The molecule has 0 amide bonds. The van der Waals surface area contributed by atoms with Crippen molar-refractivity contribution in [2.24, 2.45) is 5.73 Å². The van der Waals surface area contributed by atoms with Crippen LogP contribution in [-0.2, 0) is 16.6 Å². The second-order valence-electron chi connectivity index (χ2n) is 3.90. The second-order valence-corrected chi connectivity index (χ2v) is 7.71. The van der Waals surface area contributed by atoms with E-state index in [0.29, 0.717) is 22.9 Å². The van der Waals surface area contributed by atoms with Gasteiger partial charge in [0, 0.05) is 30.9 Å². The molecule has 0 aliphatic rings. The maximum absolute atomic E-state index is 12.4. The van der Waals surface area contributed by atoms with Crippen LogP contribution in [-0.4, -0.2) is 38.3 Å². The molecule has 1 rings (SSSR count). The van der Waals surface area contributed by atoms with Crippen LogP contribution in [0.2, 0.25) is 10.0 Å². The Balaban J connectivity index is 3.25.